The molecule has 0 amide bonds. The van der Waals surface area contributed by atoms with Gasteiger partial charge in [0.1, 0.15) is 0 Å². The van der Waals surface area contributed by atoms with Crippen LogP contribution in [-0.4, -0.2) is 6.54 Å². The molecule has 2 rings (SSSR count). The molecule has 3 heteroatoms. The van der Waals surface area contributed by atoms with E-state index in [0.29, 0.717) is 11.1 Å². The SMILES string of the molecule is C[C@@H]1CN[C@@H](c2ccc(Cl)cc2Cl)C1. The van der Waals surface area contributed by atoms with E-state index in [9.17, 15) is 0 Å². The van der Waals surface area contributed by atoms with Gasteiger partial charge in [0.25, 0.3) is 0 Å². The maximum absolute atomic E-state index is 6.13. The summed E-state index contributed by atoms with van der Waals surface area (Å²) >= 11 is 12.0. The average Bonchev–Trinajstić information content (AvgIpc) is 2.51. The lowest BCUT2D eigenvalue weighted by atomic mass is 10.0. The molecule has 1 nitrogen and oxygen atoms in total. The average molecular weight is 230 g/mol. The van der Waals surface area contributed by atoms with Gasteiger partial charge in [-0.3, -0.25) is 0 Å². The number of halogens is 2. The molecule has 2 atom stereocenters. The lowest BCUT2D eigenvalue weighted by Crippen LogP contribution is -2.13. The third kappa shape index (κ3) is 2.05. The normalized spacial score (nSPS) is 26.8. The summed E-state index contributed by atoms with van der Waals surface area (Å²) in [7, 11) is 0. The van der Waals surface area contributed by atoms with Gasteiger partial charge in [0.05, 0.1) is 0 Å². The van der Waals surface area contributed by atoms with E-state index in [-0.39, 0.29) is 0 Å². The Hall–Kier alpha value is -0.240. The van der Waals surface area contributed by atoms with Crippen LogP contribution in [0.3, 0.4) is 0 Å². The summed E-state index contributed by atoms with van der Waals surface area (Å²) in [6.07, 6.45) is 1.15. The molecule has 1 heterocycles. The minimum absolute atomic E-state index is 0.398. The number of hydrogen-bond donors (Lipinski definition) is 1. The van der Waals surface area contributed by atoms with E-state index in [4.69, 9.17) is 23.2 Å². The Labute approximate surface area is 94.4 Å². The first-order chi connectivity index (χ1) is 6.66. The van der Waals surface area contributed by atoms with Gasteiger partial charge < -0.3 is 5.32 Å². The third-order valence-electron chi connectivity index (χ3n) is 2.69. The van der Waals surface area contributed by atoms with Crippen LogP contribution in [-0.2, 0) is 0 Å². The fraction of sp³-hybridized carbons (Fsp3) is 0.455. The van der Waals surface area contributed by atoms with Crippen molar-refractivity contribution >= 4 is 23.2 Å². The van der Waals surface area contributed by atoms with Crippen molar-refractivity contribution in [2.75, 3.05) is 6.54 Å². The highest BCUT2D eigenvalue weighted by Gasteiger charge is 2.23. The highest BCUT2D eigenvalue weighted by molar-refractivity contribution is 6.35. The van der Waals surface area contributed by atoms with Gasteiger partial charge in [0.15, 0.2) is 0 Å². The van der Waals surface area contributed by atoms with Crippen LogP contribution in [0.1, 0.15) is 24.9 Å². The summed E-state index contributed by atoms with van der Waals surface area (Å²) in [4.78, 5) is 0. The van der Waals surface area contributed by atoms with Crippen LogP contribution >= 0.6 is 23.2 Å². The maximum atomic E-state index is 6.13. The second-order valence-corrected chi connectivity index (χ2v) is 4.81. The molecule has 1 aliphatic rings. The molecule has 1 fully saturated rings. The Morgan fingerprint density at radius 1 is 1.36 bits per heavy atom. The van der Waals surface area contributed by atoms with E-state index < -0.39 is 0 Å². The zero-order chi connectivity index (χ0) is 10.1. The van der Waals surface area contributed by atoms with Crippen molar-refractivity contribution in [3.8, 4) is 0 Å². The van der Waals surface area contributed by atoms with E-state index >= 15 is 0 Å². The Morgan fingerprint density at radius 2 is 2.14 bits per heavy atom. The Bertz CT molecular complexity index is 338. The van der Waals surface area contributed by atoms with Crippen molar-refractivity contribution in [1.82, 2.24) is 5.32 Å². The first-order valence-corrected chi connectivity index (χ1v) is 5.60. The van der Waals surface area contributed by atoms with Crippen LogP contribution in [0.4, 0.5) is 0 Å². The maximum Gasteiger partial charge on any atom is 0.0468 e. The largest absolute Gasteiger partial charge is 0.310 e. The lowest BCUT2D eigenvalue weighted by Gasteiger charge is -2.12. The standard InChI is InChI=1S/C11H13Cl2N/c1-7-4-11(14-6-7)9-3-2-8(12)5-10(9)13/h2-3,5,7,11,14H,4,6H2,1H3/t7-,11+/m0/s1. The Balaban J connectivity index is 2.24. The minimum atomic E-state index is 0.398. The van der Waals surface area contributed by atoms with Gasteiger partial charge in [-0.2, -0.15) is 0 Å². The second-order valence-electron chi connectivity index (χ2n) is 3.97. The lowest BCUT2D eigenvalue weighted by molar-refractivity contribution is 0.612. The number of benzene rings is 1. The molecule has 1 aromatic carbocycles. The van der Waals surface area contributed by atoms with Gasteiger partial charge in [-0.25, -0.2) is 0 Å². The van der Waals surface area contributed by atoms with Crippen molar-refractivity contribution in [2.24, 2.45) is 5.92 Å². The van der Waals surface area contributed by atoms with Crippen molar-refractivity contribution in [1.29, 1.82) is 0 Å². The van der Waals surface area contributed by atoms with Crippen LogP contribution in [0, 0.1) is 5.92 Å². The molecule has 0 saturated carbocycles. The van der Waals surface area contributed by atoms with Gasteiger partial charge >= 0.3 is 0 Å². The van der Waals surface area contributed by atoms with Crippen LogP contribution in [0.5, 0.6) is 0 Å². The third-order valence-corrected chi connectivity index (χ3v) is 3.25. The summed E-state index contributed by atoms with van der Waals surface area (Å²) in [5, 5.41) is 4.92. The van der Waals surface area contributed by atoms with Crippen molar-refractivity contribution in [3.05, 3.63) is 33.8 Å². The van der Waals surface area contributed by atoms with Crippen LogP contribution < -0.4 is 5.32 Å². The summed E-state index contributed by atoms with van der Waals surface area (Å²) in [6, 6.07) is 6.12. The fourth-order valence-electron chi connectivity index (χ4n) is 1.93. The van der Waals surface area contributed by atoms with Crippen LogP contribution in [0.25, 0.3) is 0 Å². The van der Waals surface area contributed by atoms with Gasteiger partial charge in [-0.05, 0) is 36.6 Å². The molecule has 0 radical (unpaired) electrons. The zero-order valence-corrected chi connectivity index (χ0v) is 9.57. The second kappa shape index (κ2) is 4.09. The van der Waals surface area contributed by atoms with E-state index in [1.165, 1.54) is 5.56 Å². The number of rotatable bonds is 1. The van der Waals surface area contributed by atoms with Gasteiger partial charge in [-0.15, -0.1) is 0 Å². The summed E-state index contributed by atoms with van der Waals surface area (Å²) in [5.74, 6) is 0.728. The van der Waals surface area contributed by atoms with Crippen LogP contribution in [0.2, 0.25) is 10.0 Å². The topological polar surface area (TPSA) is 12.0 Å². The number of nitrogens with one attached hydrogen (secondary N) is 1. The number of hydrogen-bond acceptors (Lipinski definition) is 1. The van der Waals surface area contributed by atoms with E-state index in [1.54, 1.807) is 0 Å². The summed E-state index contributed by atoms with van der Waals surface area (Å²) in [6.45, 7) is 3.32. The van der Waals surface area contributed by atoms with E-state index in [0.717, 1.165) is 23.9 Å². The fourth-order valence-corrected chi connectivity index (χ4v) is 2.47. The molecular formula is C11H13Cl2N. The zero-order valence-electron chi connectivity index (χ0n) is 8.06. The van der Waals surface area contributed by atoms with Crippen LogP contribution in [0.15, 0.2) is 18.2 Å². The van der Waals surface area contributed by atoms with Gasteiger partial charge in [0, 0.05) is 16.1 Å². The van der Waals surface area contributed by atoms with Crippen molar-refractivity contribution in [2.45, 2.75) is 19.4 Å². The highest BCUT2D eigenvalue weighted by atomic mass is 35.5. The molecule has 1 aromatic rings. The molecular weight excluding hydrogens is 217 g/mol. The summed E-state index contributed by atoms with van der Waals surface area (Å²) < 4.78 is 0. The van der Waals surface area contributed by atoms with Crippen molar-refractivity contribution < 1.29 is 0 Å². The monoisotopic (exact) mass is 229 g/mol. The molecule has 0 spiro atoms. The predicted molar refractivity (Wildman–Crippen MR) is 61.0 cm³/mol. The first kappa shape index (κ1) is 10.3. The highest BCUT2D eigenvalue weighted by Crippen LogP contribution is 2.32. The minimum Gasteiger partial charge on any atom is -0.310 e. The quantitative estimate of drug-likeness (QED) is 0.776. The molecule has 1 N–H and O–H groups in total. The molecule has 1 aliphatic heterocycles. The molecule has 0 unspecified atom stereocenters. The molecule has 0 bridgehead atoms. The molecule has 1 saturated heterocycles. The Kier molecular flexibility index (Phi) is 3.01. The molecule has 14 heavy (non-hydrogen) atoms. The molecule has 0 aromatic heterocycles. The van der Waals surface area contributed by atoms with Gasteiger partial charge in [0.2, 0.25) is 0 Å². The van der Waals surface area contributed by atoms with Gasteiger partial charge in [-0.1, -0.05) is 36.2 Å². The predicted octanol–water partition coefficient (Wildman–Crippen LogP) is 3.66. The van der Waals surface area contributed by atoms with E-state index in [1.807, 2.05) is 18.2 Å². The van der Waals surface area contributed by atoms with E-state index in [2.05, 4.69) is 12.2 Å². The summed E-state index contributed by atoms with van der Waals surface area (Å²) in [5.41, 5.74) is 1.17. The molecule has 0 aliphatic carbocycles. The molecule has 76 valence electrons. The van der Waals surface area contributed by atoms with Crippen molar-refractivity contribution in [3.63, 3.8) is 0 Å². The Morgan fingerprint density at radius 3 is 2.71 bits per heavy atom. The first-order valence-electron chi connectivity index (χ1n) is 4.85. The smallest absolute Gasteiger partial charge is 0.0468 e.